The first-order valence-corrected chi connectivity index (χ1v) is 10.3. The molecule has 8 heteroatoms. The van der Waals surface area contributed by atoms with E-state index in [2.05, 4.69) is 16.0 Å². The Morgan fingerprint density at radius 3 is 2.10 bits per heavy atom. The number of anilines is 1. The average Bonchev–Trinajstić information content (AvgIpc) is 2.70. The number of carbonyl (C=O) groups is 4. The van der Waals surface area contributed by atoms with Gasteiger partial charge >= 0.3 is 5.97 Å². The third-order valence-corrected chi connectivity index (χ3v) is 4.46. The maximum absolute atomic E-state index is 12.7. The summed E-state index contributed by atoms with van der Waals surface area (Å²) in [7, 11) is 0. The van der Waals surface area contributed by atoms with Gasteiger partial charge in [0.15, 0.2) is 0 Å². The van der Waals surface area contributed by atoms with Gasteiger partial charge in [0.2, 0.25) is 17.7 Å². The molecule has 0 aliphatic rings. The topological polar surface area (TPSA) is 114 Å². The van der Waals surface area contributed by atoms with Crippen LogP contribution in [0.25, 0.3) is 0 Å². The van der Waals surface area contributed by atoms with Crippen molar-refractivity contribution in [2.75, 3.05) is 5.32 Å². The van der Waals surface area contributed by atoms with Gasteiger partial charge < -0.3 is 20.7 Å². The fourth-order valence-corrected chi connectivity index (χ4v) is 2.73. The SMILES string of the molecule is CCC[C@H](NC(=O)C(NC(=O)CC)C(C)C)C(=O)Nc1ccc(COC(C)=O)cc1. The molecule has 0 aliphatic carbocycles. The molecule has 0 saturated carbocycles. The molecule has 3 amide bonds. The second-order valence-electron chi connectivity index (χ2n) is 7.46. The summed E-state index contributed by atoms with van der Waals surface area (Å²) >= 11 is 0. The zero-order valence-electron chi connectivity index (χ0n) is 18.4. The average molecular weight is 420 g/mol. The second kappa shape index (κ2) is 12.6. The lowest BCUT2D eigenvalue weighted by molar-refractivity contribution is -0.142. The van der Waals surface area contributed by atoms with Gasteiger partial charge in [-0.3, -0.25) is 19.2 Å². The molecule has 0 heterocycles. The number of rotatable bonds is 11. The van der Waals surface area contributed by atoms with Crippen LogP contribution < -0.4 is 16.0 Å². The van der Waals surface area contributed by atoms with E-state index < -0.39 is 12.1 Å². The smallest absolute Gasteiger partial charge is 0.302 e. The Hall–Kier alpha value is -2.90. The van der Waals surface area contributed by atoms with E-state index in [0.29, 0.717) is 18.5 Å². The summed E-state index contributed by atoms with van der Waals surface area (Å²) in [5.41, 5.74) is 1.37. The number of nitrogens with one attached hydrogen (secondary N) is 3. The summed E-state index contributed by atoms with van der Waals surface area (Å²) in [6, 6.07) is 5.50. The summed E-state index contributed by atoms with van der Waals surface area (Å²) in [5.74, 6) is -1.40. The van der Waals surface area contributed by atoms with Crippen molar-refractivity contribution >= 4 is 29.4 Å². The van der Waals surface area contributed by atoms with Gasteiger partial charge in [-0.15, -0.1) is 0 Å². The quantitative estimate of drug-likeness (QED) is 0.477. The third-order valence-electron chi connectivity index (χ3n) is 4.46. The van der Waals surface area contributed by atoms with Crippen molar-refractivity contribution in [2.24, 2.45) is 5.92 Å². The molecule has 30 heavy (non-hydrogen) atoms. The van der Waals surface area contributed by atoms with Crippen LogP contribution in [-0.4, -0.2) is 35.8 Å². The van der Waals surface area contributed by atoms with Gasteiger partial charge in [-0.05, 0) is 30.0 Å². The van der Waals surface area contributed by atoms with E-state index in [9.17, 15) is 19.2 Å². The van der Waals surface area contributed by atoms with E-state index in [0.717, 1.165) is 5.56 Å². The molecule has 0 aliphatic heterocycles. The predicted molar refractivity (Wildman–Crippen MR) is 114 cm³/mol. The number of hydrogen-bond donors (Lipinski definition) is 3. The molecule has 0 aromatic heterocycles. The first-order chi connectivity index (χ1) is 14.2. The minimum absolute atomic E-state index is 0.115. The Labute approximate surface area is 178 Å². The minimum Gasteiger partial charge on any atom is -0.461 e. The highest BCUT2D eigenvalue weighted by atomic mass is 16.5. The second-order valence-corrected chi connectivity index (χ2v) is 7.46. The monoisotopic (exact) mass is 419 g/mol. The van der Waals surface area contributed by atoms with E-state index >= 15 is 0 Å². The largest absolute Gasteiger partial charge is 0.461 e. The Morgan fingerprint density at radius 1 is 0.967 bits per heavy atom. The zero-order valence-corrected chi connectivity index (χ0v) is 18.4. The molecule has 1 unspecified atom stereocenters. The summed E-state index contributed by atoms with van der Waals surface area (Å²) in [6.45, 7) is 8.83. The van der Waals surface area contributed by atoms with Crippen LogP contribution >= 0.6 is 0 Å². The molecule has 0 saturated heterocycles. The Kier molecular flexibility index (Phi) is 10.6. The first kappa shape index (κ1) is 25.1. The predicted octanol–water partition coefficient (Wildman–Crippen LogP) is 2.52. The fraction of sp³-hybridized carbons (Fsp3) is 0.545. The molecule has 1 aromatic carbocycles. The summed E-state index contributed by atoms with van der Waals surface area (Å²) < 4.78 is 4.94. The highest BCUT2D eigenvalue weighted by Crippen LogP contribution is 2.12. The fourth-order valence-electron chi connectivity index (χ4n) is 2.73. The number of benzene rings is 1. The summed E-state index contributed by atoms with van der Waals surface area (Å²) in [5, 5.41) is 8.27. The van der Waals surface area contributed by atoms with Gasteiger partial charge in [-0.1, -0.05) is 46.2 Å². The Morgan fingerprint density at radius 2 is 1.60 bits per heavy atom. The van der Waals surface area contributed by atoms with Gasteiger partial charge in [-0.2, -0.15) is 0 Å². The lowest BCUT2D eigenvalue weighted by Crippen LogP contribution is -2.54. The molecule has 0 spiro atoms. The van der Waals surface area contributed by atoms with E-state index in [1.807, 2.05) is 20.8 Å². The lowest BCUT2D eigenvalue weighted by atomic mass is 10.0. The van der Waals surface area contributed by atoms with Crippen molar-refractivity contribution in [3.05, 3.63) is 29.8 Å². The van der Waals surface area contributed by atoms with Crippen LogP contribution in [0.15, 0.2) is 24.3 Å². The van der Waals surface area contributed by atoms with Gasteiger partial charge in [0.25, 0.3) is 0 Å². The molecule has 2 atom stereocenters. The van der Waals surface area contributed by atoms with Crippen LogP contribution in [0.1, 0.15) is 59.4 Å². The van der Waals surface area contributed by atoms with Crippen LogP contribution in [0.2, 0.25) is 0 Å². The maximum Gasteiger partial charge on any atom is 0.302 e. The minimum atomic E-state index is -0.719. The Bertz CT molecular complexity index is 731. The highest BCUT2D eigenvalue weighted by Gasteiger charge is 2.28. The number of hydrogen-bond acceptors (Lipinski definition) is 5. The van der Waals surface area contributed by atoms with E-state index in [1.54, 1.807) is 31.2 Å². The number of amides is 3. The van der Waals surface area contributed by atoms with Gasteiger partial charge in [0.1, 0.15) is 18.7 Å². The van der Waals surface area contributed by atoms with Crippen LogP contribution in [-0.2, 0) is 30.5 Å². The maximum atomic E-state index is 12.7. The van der Waals surface area contributed by atoms with Gasteiger partial charge in [-0.25, -0.2) is 0 Å². The van der Waals surface area contributed by atoms with Crippen molar-refractivity contribution in [1.29, 1.82) is 0 Å². The number of esters is 1. The molecule has 0 radical (unpaired) electrons. The van der Waals surface area contributed by atoms with Crippen molar-refractivity contribution in [3.8, 4) is 0 Å². The normalized spacial score (nSPS) is 12.6. The van der Waals surface area contributed by atoms with Crippen molar-refractivity contribution in [3.63, 3.8) is 0 Å². The molecule has 3 N–H and O–H groups in total. The molecule has 1 aromatic rings. The van der Waals surface area contributed by atoms with E-state index in [4.69, 9.17) is 4.74 Å². The molecule has 0 fully saturated rings. The van der Waals surface area contributed by atoms with Crippen LogP contribution in [0.4, 0.5) is 5.69 Å². The molecule has 0 bridgehead atoms. The van der Waals surface area contributed by atoms with E-state index in [1.165, 1.54) is 6.92 Å². The Balaban J connectivity index is 2.78. The number of carbonyl (C=O) groups excluding carboxylic acids is 4. The molecular weight excluding hydrogens is 386 g/mol. The molecule has 166 valence electrons. The highest BCUT2D eigenvalue weighted by molar-refractivity contribution is 5.98. The van der Waals surface area contributed by atoms with Crippen molar-refractivity contribution in [2.45, 2.75) is 72.6 Å². The molecule has 1 rings (SSSR count). The standard InChI is InChI=1S/C22H33N3O5/c1-6-8-18(24-22(29)20(14(3)4)25-19(27)7-2)21(28)23-17-11-9-16(10-12-17)13-30-15(5)26/h9-12,14,18,20H,6-8,13H2,1-5H3,(H,23,28)(H,24,29)(H,25,27)/t18-,20?/m0/s1. The lowest BCUT2D eigenvalue weighted by Gasteiger charge is -2.25. The van der Waals surface area contributed by atoms with Gasteiger partial charge in [0.05, 0.1) is 0 Å². The molecular formula is C22H33N3O5. The van der Waals surface area contributed by atoms with Crippen LogP contribution in [0.5, 0.6) is 0 Å². The summed E-state index contributed by atoms with van der Waals surface area (Å²) in [4.78, 5) is 48.0. The van der Waals surface area contributed by atoms with Crippen molar-refractivity contribution in [1.82, 2.24) is 10.6 Å². The van der Waals surface area contributed by atoms with Gasteiger partial charge in [0, 0.05) is 19.0 Å². The molecule has 8 nitrogen and oxygen atoms in total. The summed E-state index contributed by atoms with van der Waals surface area (Å²) in [6.07, 6.45) is 1.45. The van der Waals surface area contributed by atoms with Crippen LogP contribution in [0.3, 0.4) is 0 Å². The van der Waals surface area contributed by atoms with Crippen LogP contribution in [0, 0.1) is 5.92 Å². The third kappa shape index (κ3) is 8.63. The van der Waals surface area contributed by atoms with Crippen molar-refractivity contribution < 1.29 is 23.9 Å². The number of ether oxygens (including phenoxy) is 1. The zero-order chi connectivity index (χ0) is 22.7. The van der Waals surface area contributed by atoms with E-state index in [-0.39, 0.29) is 42.6 Å². The first-order valence-electron chi connectivity index (χ1n) is 10.3.